The second-order valence-electron chi connectivity index (χ2n) is 4.49. The van der Waals surface area contributed by atoms with Crippen molar-refractivity contribution in [3.8, 4) is 5.69 Å². The molecule has 106 valence electrons. The third kappa shape index (κ3) is 2.38. The molecule has 2 aromatic carbocycles. The summed E-state index contributed by atoms with van der Waals surface area (Å²) in [6.07, 6.45) is 0. The molecular formula is C15H15N5S. The Labute approximate surface area is 126 Å². The molecule has 6 heteroatoms. The van der Waals surface area contributed by atoms with Gasteiger partial charge in [0.25, 0.3) is 0 Å². The number of amidine groups is 1. The lowest BCUT2D eigenvalue weighted by Gasteiger charge is -2.13. The largest absolute Gasteiger partial charge is 0.384 e. The Kier molecular flexibility index (Phi) is 3.62. The third-order valence-electron chi connectivity index (χ3n) is 3.15. The first-order valence-electron chi connectivity index (χ1n) is 6.63. The van der Waals surface area contributed by atoms with Gasteiger partial charge in [-0.05, 0) is 30.0 Å². The zero-order chi connectivity index (χ0) is 14.8. The van der Waals surface area contributed by atoms with E-state index in [0.717, 1.165) is 27.4 Å². The molecule has 0 saturated heterocycles. The fraction of sp³-hybridized carbons (Fsp3) is 0.133. The molecule has 1 heterocycles. The van der Waals surface area contributed by atoms with Crippen molar-refractivity contribution in [3.05, 3.63) is 48.0 Å². The summed E-state index contributed by atoms with van der Waals surface area (Å²) in [7, 11) is 0. The first-order valence-corrected chi connectivity index (χ1v) is 7.62. The molecule has 3 rings (SSSR count). The number of nitrogens with zero attached hydrogens (tertiary/aromatic N) is 3. The lowest BCUT2D eigenvalue weighted by atomic mass is 10.1. The number of fused-ring (bicyclic) bond motifs is 1. The van der Waals surface area contributed by atoms with E-state index in [1.807, 2.05) is 42.5 Å². The number of hydrogen-bond acceptors (Lipinski definition) is 4. The van der Waals surface area contributed by atoms with Crippen LogP contribution >= 0.6 is 11.8 Å². The topological polar surface area (TPSA) is 80.6 Å². The first-order chi connectivity index (χ1) is 10.2. The molecular weight excluding hydrogens is 282 g/mol. The van der Waals surface area contributed by atoms with Gasteiger partial charge in [0.2, 0.25) is 0 Å². The standard InChI is InChI=1S/C15H15N5S/c1-2-21-13-9-5-8-12(14(13)15(16)17)20-11-7-4-3-6-10(11)18-19-20/h3-9H,2H2,1H3,(H3,16,17). The zero-order valence-electron chi connectivity index (χ0n) is 11.6. The lowest BCUT2D eigenvalue weighted by Crippen LogP contribution is -2.16. The minimum absolute atomic E-state index is 0.0427. The number of thioether (sulfide) groups is 1. The minimum Gasteiger partial charge on any atom is -0.384 e. The molecule has 3 aromatic rings. The number of hydrogen-bond donors (Lipinski definition) is 2. The Hall–Kier alpha value is -2.34. The molecule has 0 radical (unpaired) electrons. The summed E-state index contributed by atoms with van der Waals surface area (Å²) < 4.78 is 1.74. The van der Waals surface area contributed by atoms with Crippen LogP contribution in [0.5, 0.6) is 0 Å². The van der Waals surface area contributed by atoms with Gasteiger partial charge in [-0.1, -0.05) is 30.3 Å². The highest BCUT2D eigenvalue weighted by molar-refractivity contribution is 7.99. The highest BCUT2D eigenvalue weighted by Gasteiger charge is 2.15. The van der Waals surface area contributed by atoms with E-state index < -0.39 is 0 Å². The van der Waals surface area contributed by atoms with E-state index in [4.69, 9.17) is 11.1 Å². The van der Waals surface area contributed by atoms with Crippen LogP contribution in [0, 0.1) is 5.41 Å². The van der Waals surface area contributed by atoms with Crippen LogP contribution in [-0.2, 0) is 0 Å². The Bertz CT molecular complexity index is 809. The Morgan fingerprint density at radius 2 is 2.05 bits per heavy atom. The molecule has 0 aliphatic carbocycles. The molecule has 5 nitrogen and oxygen atoms in total. The van der Waals surface area contributed by atoms with Crippen LogP contribution in [-0.4, -0.2) is 26.6 Å². The van der Waals surface area contributed by atoms with Gasteiger partial charge in [-0.2, -0.15) is 0 Å². The molecule has 0 aliphatic heterocycles. The lowest BCUT2D eigenvalue weighted by molar-refractivity contribution is 0.820. The van der Waals surface area contributed by atoms with Gasteiger partial charge < -0.3 is 5.73 Å². The van der Waals surface area contributed by atoms with Gasteiger partial charge in [0.15, 0.2) is 0 Å². The molecule has 0 saturated carbocycles. The molecule has 0 unspecified atom stereocenters. The summed E-state index contributed by atoms with van der Waals surface area (Å²) in [6, 6.07) is 13.6. The summed E-state index contributed by atoms with van der Waals surface area (Å²) in [5.74, 6) is 0.961. The normalized spacial score (nSPS) is 10.9. The van der Waals surface area contributed by atoms with Gasteiger partial charge in [-0.15, -0.1) is 16.9 Å². The van der Waals surface area contributed by atoms with Crippen LogP contribution in [0.2, 0.25) is 0 Å². The second kappa shape index (κ2) is 5.57. The summed E-state index contributed by atoms with van der Waals surface area (Å²) in [4.78, 5) is 0.988. The third-order valence-corrected chi connectivity index (χ3v) is 4.09. The van der Waals surface area contributed by atoms with Gasteiger partial charge in [0.1, 0.15) is 11.4 Å². The van der Waals surface area contributed by atoms with Crippen LogP contribution in [0.1, 0.15) is 12.5 Å². The molecule has 0 amide bonds. The minimum atomic E-state index is 0.0427. The number of aromatic nitrogens is 3. The molecule has 0 bridgehead atoms. The predicted octanol–water partition coefficient (Wildman–Crippen LogP) is 2.82. The van der Waals surface area contributed by atoms with Crippen LogP contribution in [0.15, 0.2) is 47.4 Å². The van der Waals surface area contributed by atoms with Crippen molar-refractivity contribution < 1.29 is 0 Å². The summed E-state index contributed by atoms with van der Waals surface area (Å²) >= 11 is 1.66. The second-order valence-corrected chi connectivity index (χ2v) is 5.79. The Balaban J connectivity index is 2.27. The number of nitrogen functional groups attached to an aromatic ring is 1. The van der Waals surface area contributed by atoms with E-state index in [9.17, 15) is 0 Å². The number of nitrogens with two attached hydrogens (primary N) is 1. The summed E-state index contributed by atoms with van der Waals surface area (Å²) in [5, 5.41) is 16.3. The summed E-state index contributed by atoms with van der Waals surface area (Å²) in [6.45, 7) is 2.08. The van der Waals surface area contributed by atoms with Crippen molar-refractivity contribution >= 4 is 28.6 Å². The van der Waals surface area contributed by atoms with Crippen molar-refractivity contribution in [2.24, 2.45) is 5.73 Å². The highest BCUT2D eigenvalue weighted by Crippen LogP contribution is 2.28. The number of nitrogens with one attached hydrogen (secondary N) is 1. The van der Waals surface area contributed by atoms with Crippen LogP contribution in [0.3, 0.4) is 0 Å². The Morgan fingerprint density at radius 3 is 2.81 bits per heavy atom. The van der Waals surface area contributed by atoms with E-state index in [1.165, 1.54) is 0 Å². The molecule has 0 atom stereocenters. The molecule has 3 N–H and O–H groups in total. The zero-order valence-corrected chi connectivity index (χ0v) is 12.4. The fourth-order valence-electron chi connectivity index (χ4n) is 2.29. The quantitative estimate of drug-likeness (QED) is 0.441. The molecule has 0 spiro atoms. The van der Waals surface area contributed by atoms with Gasteiger partial charge in [-0.25, -0.2) is 4.68 Å². The van der Waals surface area contributed by atoms with Crippen LogP contribution in [0.25, 0.3) is 16.7 Å². The monoisotopic (exact) mass is 297 g/mol. The molecule has 1 aromatic heterocycles. The molecule has 21 heavy (non-hydrogen) atoms. The maximum absolute atomic E-state index is 7.91. The molecule has 0 aliphatic rings. The van der Waals surface area contributed by atoms with E-state index in [0.29, 0.717) is 5.56 Å². The molecule has 0 fully saturated rings. The number of para-hydroxylation sites is 1. The van der Waals surface area contributed by atoms with E-state index >= 15 is 0 Å². The SMILES string of the molecule is CCSc1cccc(-n2nnc3ccccc32)c1C(=N)N. The van der Waals surface area contributed by atoms with Crippen molar-refractivity contribution in [3.63, 3.8) is 0 Å². The van der Waals surface area contributed by atoms with Gasteiger partial charge in [-0.3, -0.25) is 5.41 Å². The van der Waals surface area contributed by atoms with Gasteiger partial charge in [0, 0.05) is 4.90 Å². The maximum Gasteiger partial charge on any atom is 0.126 e. The van der Waals surface area contributed by atoms with E-state index in [-0.39, 0.29) is 5.84 Å². The van der Waals surface area contributed by atoms with Crippen molar-refractivity contribution in [2.75, 3.05) is 5.75 Å². The summed E-state index contributed by atoms with van der Waals surface area (Å²) in [5.41, 5.74) is 9.02. The van der Waals surface area contributed by atoms with Crippen molar-refractivity contribution in [1.29, 1.82) is 5.41 Å². The van der Waals surface area contributed by atoms with Crippen LogP contribution in [0.4, 0.5) is 0 Å². The average Bonchev–Trinajstić information content (AvgIpc) is 2.91. The van der Waals surface area contributed by atoms with Gasteiger partial charge >= 0.3 is 0 Å². The predicted molar refractivity (Wildman–Crippen MR) is 86.3 cm³/mol. The van der Waals surface area contributed by atoms with Crippen LogP contribution < -0.4 is 5.73 Å². The fourth-order valence-corrected chi connectivity index (χ4v) is 3.13. The Morgan fingerprint density at radius 1 is 1.24 bits per heavy atom. The maximum atomic E-state index is 7.91. The van der Waals surface area contributed by atoms with E-state index in [2.05, 4.69) is 17.2 Å². The average molecular weight is 297 g/mol. The number of benzene rings is 2. The first kappa shape index (κ1) is 13.6. The van der Waals surface area contributed by atoms with Crippen molar-refractivity contribution in [1.82, 2.24) is 15.0 Å². The van der Waals surface area contributed by atoms with E-state index in [1.54, 1.807) is 16.4 Å². The smallest absolute Gasteiger partial charge is 0.126 e. The van der Waals surface area contributed by atoms with Crippen molar-refractivity contribution in [2.45, 2.75) is 11.8 Å². The highest BCUT2D eigenvalue weighted by atomic mass is 32.2. The number of rotatable bonds is 4. The van der Waals surface area contributed by atoms with Gasteiger partial charge in [0.05, 0.1) is 16.8 Å².